The Morgan fingerprint density at radius 2 is 1.68 bits per heavy atom. The van der Waals surface area contributed by atoms with Gasteiger partial charge in [-0.2, -0.15) is 8.42 Å². The molecule has 1 fully saturated rings. The zero-order valence-corrected chi connectivity index (χ0v) is 26.5. The highest BCUT2D eigenvalue weighted by Crippen LogP contribution is 2.38. The highest BCUT2D eigenvalue weighted by Gasteiger charge is 2.41. The highest BCUT2D eigenvalue weighted by atomic mass is 32.2. The van der Waals surface area contributed by atoms with Crippen LogP contribution in [0.25, 0.3) is 11.3 Å². The summed E-state index contributed by atoms with van der Waals surface area (Å²) in [7, 11) is -4.17. The molecular formula is C34H31F3N2O7S. The number of benzene rings is 2. The van der Waals surface area contributed by atoms with E-state index in [4.69, 9.17) is 13.7 Å². The second-order valence-electron chi connectivity index (χ2n) is 11.3. The van der Waals surface area contributed by atoms with Gasteiger partial charge in [-0.15, -0.1) is 0 Å². The van der Waals surface area contributed by atoms with E-state index >= 15 is 0 Å². The van der Waals surface area contributed by atoms with E-state index in [1.54, 1.807) is 18.2 Å². The second-order valence-corrected chi connectivity index (χ2v) is 12.9. The van der Waals surface area contributed by atoms with Gasteiger partial charge in [0.05, 0.1) is 23.2 Å². The van der Waals surface area contributed by atoms with Crippen molar-refractivity contribution in [1.82, 2.24) is 9.97 Å². The lowest BCUT2D eigenvalue weighted by Gasteiger charge is -2.40. The van der Waals surface area contributed by atoms with Gasteiger partial charge in [-0.1, -0.05) is 30.7 Å². The number of ether oxygens (including phenoxy) is 2. The molecule has 0 unspecified atom stereocenters. The van der Waals surface area contributed by atoms with Gasteiger partial charge >= 0.3 is 5.97 Å². The first-order valence-corrected chi connectivity index (χ1v) is 16.1. The number of pyridine rings is 2. The lowest BCUT2D eigenvalue weighted by molar-refractivity contribution is -0.186. The van der Waals surface area contributed by atoms with Crippen LogP contribution in [0.2, 0.25) is 0 Å². The third-order valence-corrected chi connectivity index (χ3v) is 9.12. The van der Waals surface area contributed by atoms with Gasteiger partial charge in [-0.3, -0.25) is 18.8 Å². The third-order valence-electron chi connectivity index (χ3n) is 7.82. The minimum Gasteiger partial charge on any atom is -0.459 e. The molecule has 0 N–H and O–H groups in total. The lowest BCUT2D eigenvalue weighted by atomic mass is 9.86. The summed E-state index contributed by atoms with van der Waals surface area (Å²) in [5.41, 5.74) is 0.299. The van der Waals surface area contributed by atoms with Crippen LogP contribution in [0.5, 0.6) is 0 Å². The fraction of sp³-hybridized carbons (Fsp3) is 0.294. The molecule has 0 spiro atoms. The van der Waals surface area contributed by atoms with Crippen molar-refractivity contribution in [3.63, 3.8) is 0 Å². The molecule has 0 radical (unpaired) electrons. The summed E-state index contributed by atoms with van der Waals surface area (Å²) in [4.78, 5) is 33.4. The van der Waals surface area contributed by atoms with Gasteiger partial charge in [0, 0.05) is 25.7 Å². The average molecular weight is 669 g/mol. The van der Waals surface area contributed by atoms with Crippen LogP contribution in [0, 0.1) is 30.3 Å². The second kappa shape index (κ2) is 14.1. The number of ketones is 1. The molecule has 1 aliphatic rings. The topological polar surface area (TPSA) is 122 Å². The molecule has 4 aromatic rings. The smallest absolute Gasteiger partial charge is 0.303 e. The summed E-state index contributed by atoms with van der Waals surface area (Å²) in [5, 5.41) is 0. The van der Waals surface area contributed by atoms with Gasteiger partial charge in [0.1, 0.15) is 41.0 Å². The molecule has 2 aromatic heterocycles. The predicted octanol–water partition coefficient (Wildman–Crippen LogP) is 6.10. The number of aryl methyl sites for hydroxylation is 1. The molecule has 1 saturated heterocycles. The molecule has 47 heavy (non-hydrogen) atoms. The summed E-state index contributed by atoms with van der Waals surface area (Å²) in [6, 6.07) is 12.9. The van der Waals surface area contributed by atoms with E-state index in [0.29, 0.717) is 17.5 Å². The molecule has 4 atom stereocenters. The largest absolute Gasteiger partial charge is 0.459 e. The van der Waals surface area contributed by atoms with Crippen LogP contribution >= 0.6 is 0 Å². The number of hydrogen-bond acceptors (Lipinski definition) is 9. The van der Waals surface area contributed by atoms with Crippen LogP contribution in [0.4, 0.5) is 13.2 Å². The number of hydrogen-bond donors (Lipinski definition) is 0. The molecule has 3 heterocycles. The molecule has 0 aliphatic carbocycles. The summed E-state index contributed by atoms with van der Waals surface area (Å²) in [5.74, 6) is -4.54. The van der Waals surface area contributed by atoms with Crippen molar-refractivity contribution in [2.75, 3.05) is 6.61 Å². The van der Waals surface area contributed by atoms with Crippen LogP contribution < -0.4 is 0 Å². The van der Waals surface area contributed by atoms with Crippen molar-refractivity contribution in [3.8, 4) is 11.3 Å². The van der Waals surface area contributed by atoms with Gasteiger partial charge < -0.3 is 9.47 Å². The molecule has 13 heteroatoms. The molecular weight excluding hydrogens is 637 g/mol. The van der Waals surface area contributed by atoms with Gasteiger partial charge in [0.2, 0.25) is 0 Å². The van der Waals surface area contributed by atoms with Crippen LogP contribution in [0.1, 0.15) is 53.6 Å². The summed E-state index contributed by atoms with van der Waals surface area (Å²) in [6.45, 7) is 4.42. The molecule has 0 saturated carbocycles. The SMILES string of the molecule is CC(=O)O[C@H]1[C@H](C)C[C@H](c2ccncc2CC(=O)c2ccc(F)c(-c3c(F)cccc3F)n2)O[C@@H]1COS(=O)(=O)c1ccc(C)cc1. The Morgan fingerprint density at radius 1 is 0.979 bits per heavy atom. The number of Topliss-reactive ketones (excluding diaryl/α,β-unsaturated/α-hetero) is 1. The fourth-order valence-corrected chi connectivity index (χ4v) is 6.41. The molecule has 0 amide bonds. The number of esters is 1. The number of carbonyl (C=O) groups is 2. The number of nitrogens with zero attached hydrogens (tertiary/aromatic N) is 2. The van der Waals surface area contributed by atoms with Crippen molar-refractivity contribution in [2.45, 2.75) is 56.8 Å². The Hall–Kier alpha value is -4.46. The van der Waals surface area contributed by atoms with Crippen LogP contribution in [-0.4, -0.2) is 49.0 Å². The standard InChI is InChI=1S/C34H31F3N2O7S/c1-19-7-9-23(10-8-19)47(42,43)44-18-31-34(45-21(3)40)20(2)15-30(46-31)24-13-14-38-17-22(24)16-29(41)28-12-11-27(37)33(39-28)32-25(35)5-4-6-26(32)36/h4-14,17,20,30-31,34H,15-16,18H2,1-3H3/t20-,30-,31-,34+/m1/s1. The van der Waals surface area contributed by atoms with Gasteiger partial charge in [-0.25, -0.2) is 18.2 Å². The van der Waals surface area contributed by atoms with Crippen molar-refractivity contribution < 1.29 is 44.8 Å². The maximum atomic E-state index is 14.6. The van der Waals surface area contributed by atoms with E-state index in [9.17, 15) is 31.2 Å². The van der Waals surface area contributed by atoms with E-state index in [1.165, 1.54) is 31.5 Å². The zero-order valence-electron chi connectivity index (χ0n) is 25.7. The monoisotopic (exact) mass is 668 g/mol. The highest BCUT2D eigenvalue weighted by molar-refractivity contribution is 7.86. The maximum absolute atomic E-state index is 14.6. The Labute approximate surface area is 269 Å². The number of rotatable bonds is 10. The van der Waals surface area contributed by atoms with E-state index in [2.05, 4.69) is 9.97 Å². The Bertz CT molecular complexity index is 1880. The first kappa shape index (κ1) is 33.9. The molecule has 5 rings (SSSR count). The lowest BCUT2D eigenvalue weighted by Crippen LogP contribution is -2.46. The Kier molecular flexibility index (Phi) is 10.2. The predicted molar refractivity (Wildman–Crippen MR) is 163 cm³/mol. The van der Waals surface area contributed by atoms with E-state index in [-0.39, 0.29) is 22.9 Å². The Balaban J connectivity index is 1.39. The number of aromatic nitrogens is 2. The summed E-state index contributed by atoms with van der Waals surface area (Å²) < 4.78 is 86.5. The first-order valence-electron chi connectivity index (χ1n) is 14.7. The van der Waals surface area contributed by atoms with E-state index in [0.717, 1.165) is 35.9 Å². The van der Waals surface area contributed by atoms with Gasteiger partial charge in [0.25, 0.3) is 10.1 Å². The minimum atomic E-state index is -4.17. The molecule has 1 aliphatic heterocycles. The number of carbonyl (C=O) groups excluding carboxylic acids is 2. The molecule has 2 aromatic carbocycles. The zero-order chi connectivity index (χ0) is 33.9. The van der Waals surface area contributed by atoms with Crippen LogP contribution in [-0.2, 0) is 35.0 Å². The van der Waals surface area contributed by atoms with Crippen molar-refractivity contribution in [1.29, 1.82) is 0 Å². The minimum absolute atomic E-state index is 0.0437. The number of halogens is 3. The third kappa shape index (κ3) is 7.75. The fourth-order valence-electron chi connectivity index (χ4n) is 5.49. The Morgan fingerprint density at radius 3 is 2.36 bits per heavy atom. The summed E-state index contributed by atoms with van der Waals surface area (Å²) >= 11 is 0. The molecule has 0 bridgehead atoms. The molecule has 246 valence electrons. The normalized spacial score (nSPS) is 19.7. The van der Waals surface area contributed by atoms with Gasteiger partial charge in [-0.05, 0) is 72.9 Å². The van der Waals surface area contributed by atoms with Crippen molar-refractivity contribution in [2.24, 2.45) is 5.92 Å². The van der Waals surface area contributed by atoms with Gasteiger partial charge in [0.15, 0.2) is 5.78 Å². The molecule has 9 nitrogen and oxygen atoms in total. The summed E-state index contributed by atoms with van der Waals surface area (Å²) in [6.07, 6.45) is 0.487. The van der Waals surface area contributed by atoms with Crippen molar-refractivity contribution in [3.05, 3.63) is 113 Å². The van der Waals surface area contributed by atoms with E-state index in [1.807, 2.05) is 13.8 Å². The quantitative estimate of drug-likeness (QED) is 0.112. The van der Waals surface area contributed by atoms with Crippen LogP contribution in [0.3, 0.4) is 0 Å². The maximum Gasteiger partial charge on any atom is 0.303 e. The first-order chi connectivity index (χ1) is 22.3. The van der Waals surface area contributed by atoms with Crippen LogP contribution in [0.15, 0.2) is 78.0 Å². The van der Waals surface area contributed by atoms with E-state index < -0.39 is 75.5 Å². The average Bonchev–Trinajstić information content (AvgIpc) is 3.02. The van der Waals surface area contributed by atoms with Crippen molar-refractivity contribution >= 4 is 21.9 Å².